The average Bonchev–Trinajstić information content (AvgIpc) is 1.80. The van der Waals surface area contributed by atoms with E-state index in [1.165, 1.54) is 0 Å². The van der Waals surface area contributed by atoms with Crippen LogP contribution in [0.2, 0.25) is 0 Å². The number of halogens is 2. The van der Waals surface area contributed by atoms with Gasteiger partial charge in [0.2, 0.25) is 0 Å². The molecule has 2 nitrogen and oxygen atoms in total. The van der Waals surface area contributed by atoms with Gasteiger partial charge in [0.05, 0.1) is 9.26 Å². The second-order valence-electron chi connectivity index (χ2n) is 1.57. The number of aromatic nitrogens is 2. The third-order valence-corrected chi connectivity index (χ3v) is 2.47. The average molecular weight is 346 g/mol. The molecule has 0 unspecified atom stereocenters. The Kier molecular flexibility index (Phi) is 2.62. The Morgan fingerprint density at radius 1 is 1.44 bits per heavy atom. The summed E-state index contributed by atoms with van der Waals surface area (Å²) in [6, 6.07) is 0. The molecule has 48 valence electrons. The van der Waals surface area contributed by atoms with E-state index in [4.69, 9.17) is 0 Å². The Bertz CT molecular complexity index is 224. The van der Waals surface area contributed by atoms with Crippen LogP contribution in [0, 0.1) is 14.3 Å². The van der Waals surface area contributed by atoms with Crippen molar-refractivity contribution in [2.45, 2.75) is 6.92 Å². The number of aryl methyl sites for hydroxylation is 1. The molecule has 1 aromatic rings. The van der Waals surface area contributed by atoms with Crippen molar-refractivity contribution < 1.29 is 0 Å². The molecule has 0 amide bonds. The molecular formula is C5H4I2N2. The maximum atomic E-state index is 4.14. The summed E-state index contributed by atoms with van der Waals surface area (Å²) in [5.41, 5.74) is 1.05. The summed E-state index contributed by atoms with van der Waals surface area (Å²) in [5, 5.41) is 0. The fraction of sp³-hybridized carbons (Fsp3) is 0.200. The van der Waals surface area contributed by atoms with Crippen molar-refractivity contribution in [3.63, 3.8) is 0 Å². The highest BCUT2D eigenvalue weighted by Gasteiger charge is 1.94. The van der Waals surface area contributed by atoms with Crippen molar-refractivity contribution in [2.75, 3.05) is 0 Å². The first-order valence-electron chi connectivity index (χ1n) is 2.35. The largest absolute Gasteiger partial charge is 0.230 e. The van der Waals surface area contributed by atoms with Crippen molar-refractivity contribution in [1.82, 2.24) is 9.97 Å². The molecule has 0 aliphatic carbocycles. The van der Waals surface area contributed by atoms with E-state index in [1.54, 1.807) is 0 Å². The zero-order valence-electron chi connectivity index (χ0n) is 4.73. The predicted octanol–water partition coefficient (Wildman–Crippen LogP) is 1.99. The quantitative estimate of drug-likeness (QED) is 0.531. The van der Waals surface area contributed by atoms with Crippen LogP contribution >= 0.6 is 45.2 Å². The third-order valence-electron chi connectivity index (χ3n) is 0.890. The summed E-state index contributed by atoms with van der Waals surface area (Å²) in [4.78, 5) is 8.15. The molecule has 0 aliphatic rings. The molecule has 0 radical (unpaired) electrons. The van der Waals surface area contributed by atoms with Gasteiger partial charge in [0.25, 0.3) is 0 Å². The van der Waals surface area contributed by atoms with Gasteiger partial charge in [-0.15, -0.1) is 0 Å². The zero-order valence-corrected chi connectivity index (χ0v) is 9.04. The van der Waals surface area contributed by atoms with Crippen LogP contribution in [0.1, 0.15) is 5.69 Å². The molecule has 0 spiro atoms. The molecule has 9 heavy (non-hydrogen) atoms. The molecule has 0 aliphatic heterocycles. The number of rotatable bonds is 0. The van der Waals surface area contributed by atoms with Crippen LogP contribution < -0.4 is 0 Å². The molecule has 0 N–H and O–H groups in total. The normalized spacial score (nSPS) is 9.67. The first-order chi connectivity index (χ1) is 4.20. The lowest BCUT2D eigenvalue weighted by molar-refractivity contribution is 1.03. The van der Waals surface area contributed by atoms with E-state index in [0.29, 0.717) is 0 Å². The van der Waals surface area contributed by atoms with Gasteiger partial charge in [-0.2, -0.15) is 0 Å². The highest BCUT2D eigenvalue weighted by molar-refractivity contribution is 14.1. The number of hydrogen-bond donors (Lipinski definition) is 0. The molecule has 0 fully saturated rings. The van der Waals surface area contributed by atoms with Gasteiger partial charge in [-0.3, -0.25) is 0 Å². The molecule has 1 aromatic heterocycles. The highest BCUT2D eigenvalue weighted by atomic mass is 127. The van der Waals surface area contributed by atoms with E-state index in [1.807, 2.05) is 13.1 Å². The van der Waals surface area contributed by atoms with Crippen LogP contribution in [0.4, 0.5) is 0 Å². The lowest BCUT2D eigenvalue weighted by Crippen LogP contribution is -1.91. The first-order valence-corrected chi connectivity index (χ1v) is 4.50. The smallest absolute Gasteiger partial charge is 0.190 e. The minimum Gasteiger partial charge on any atom is -0.230 e. The van der Waals surface area contributed by atoms with Crippen LogP contribution in [-0.2, 0) is 0 Å². The lowest BCUT2D eigenvalue weighted by atomic mass is 10.5. The summed E-state index contributed by atoms with van der Waals surface area (Å²) in [5.74, 6) is 0. The molecule has 0 bridgehead atoms. The van der Waals surface area contributed by atoms with E-state index in [2.05, 4.69) is 55.1 Å². The maximum Gasteiger partial charge on any atom is 0.190 e. The minimum absolute atomic E-state index is 0.811. The van der Waals surface area contributed by atoms with Crippen molar-refractivity contribution in [3.05, 3.63) is 19.3 Å². The Labute approximate surface area is 80.8 Å². The standard InChI is InChI=1S/C5H4I2N2/c1-3-4(6)2-8-5(7)9-3/h2H,1H3. The fourth-order valence-electron chi connectivity index (χ4n) is 0.424. The van der Waals surface area contributed by atoms with E-state index >= 15 is 0 Å². The van der Waals surface area contributed by atoms with E-state index in [-0.39, 0.29) is 0 Å². The Morgan fingerprint density at radius 3 is 2.56 bits per heavy atom. The first kappa shape index (κ1) is 7.64. The van der Waals surface area contributed by atoms with Gasteiger partial charge in [-0.1, -0.05) is 0 Å². The summed E-state index contributed by atoms with van der Waals surface area (Å²) in [6.07, 6.45) is 1.82. The summed E-state index contributed by atoms with van der Waals surface area (Å²) >= 11 is 4.31. The van der Waals surface area contributed by atoms with Gasteiger partial charge in [-0.25, -0.2) is 9.97 Å². The number of hydrogen-bond acceptors (Lipinski definition) is 2. The van der Waals surface area contributed by atoms with Crippen molar-refractivity contribution in [2.24, 2.45) is 0 Å². The predicted molar refractivity (Wildman–Crippen MR) is 52.2 cm³/mol. The van der Waals surface area contributed by atoms with Gasteiger partial charge in [-0.05, 0) is 29.5 Å². The summed E-state index contributed by atoms with van der Waals surface area (Å²) in [7, 11) is 0. The number of nitrogens with zero attached hydrogens (tertiary/aromatic N) is 2. The SMILES string of the molecule is Cc1nc(I)ncc1I. The molecule has 0 saturated heterocycles. The van der Waals surface area contributed by atoms with Crippen LogP contribution in [0.15, 0.2) is 6.20 Å². The second-order valence-corrected chi connectivity index (χ2v) is 3.70. The van der Waals surface area contributed by atoms with Gasteiger partial charge >= 0.3 is 0 Å². The van der Waals surface area contributed by atoms with Gasteiger partial charge in [0, 0.05) is 28.8 Å². The third kappa shape index (κ3) is 1.99. The summed E-state index contributed by atoms with van der Waals surface area (Å²) in [6.45, 7) is 1.98. The molecular weight excluding hydrogens is 342 g/mol. The van der Waals surface area contributed by atoms with Gasteiger partial charge in [0.15, 0.2) is 3.83 Å². The second kappa shape index (κ2) is 3.09. The molecule has 1 heterocycles. The maximum absolute atomic E-state index is 4.14. The summed E-state index contributed by atoms with van der Waals surface area (Å²) < 4.78 is 1.93. The van der Waals surface area contributed by atoms with Crippen LogP contribution in [-0.4, -0.2) is 9.97 Å². The molecule has 0 saturated carbocycles. The van der Waals surface area contributed by atoms with Crippen molar-refractivity contribution in [3.8, 4) is 0 Å². The van der Waals surface area contributed by atoms with Crippen LogP contribution in [0.3, 0.4) is 0 Å². The highest BCUT2D eigenvalue weighted by Crippen LogP contribution is 2.07. The molecule has 0 atom stereocenters. The minimum atomic E-state index is 0.811. The molecule has 0 aromatic carbocycles. The molecule has 1 rings (SSSR count). The fourth-order valence-corrected chi connectivity index (χ4v) is 1.18. The zero-order chi connectivity index (χ0) is 6.85. The molecule has 4 heteroatoms. The Balaban J connectivity index is 3.17. The van der Waals surface area contributed by atoms with E-state index < -0.39 is 0 Å². The van der Waals surface area contributed by atoms with Crippen molar-refractivity contribution in [1.29, 1.82) is 0 Å². The van der Waals surface area contributed by atoms with Gasteiger partial charge < -0.3 is 0 Å². The lowest BCUT2D eigenvalue weighted by Gasteiger charge is -1.93. The Morgan fingerprint density at radius 2 is 2.11 bits per heavy atom. The Hall–Kier alpha value is 0.540. The topological polar surface area (TPSA) is 25.8 Å². The van der Waals surface area contributed by atoms with E-state index in [0.717, 1.165) is 13.1 Å². The monoisotopic (exact) mass is 346 g/mol. The van der Waals surface area contributed by atoms with Crippen molar-refractivity contribution >= 4 is 45.2 Å². The van der Waals surface area contributed by atoms with E-state index in [9.17, 15) is 0 Å². The van der Waals surface area contributed by atoms with Gasteiger partial charge in [0.1, 0.15) is 0 Å². The van der Waals surface area contributed by atoms with Crippen LogP contribution in [0.5, 0.6) is 0 Å². The van der Waals surface area contributed by atoms with Crippen LogP contribution in [0.25, 0.3) is 0 Å².